The molecule has 0 bridgehead atoms. The third-order valence-electron chi connectivity index (χ3n) is 1.99. The van der Waals surface area contributed by atoms with Gasteiger partial charge in [0.2, 0.25) is 0 Å². The highest BCUT2D eigenvalue weighted by atomic mass is 35.5. The number of nitrogens with one attached hydrogen (secondary N) is 1. The predicted octanol–water partition coefficient (Wildman–Crippen LogP) is 0.789. The third kappa shape index (κ3) is 2.86. The maximum Gasteiger partial charge on any atom is 0.0460 e. The summed E-state index contributed by atoms with van der Waals surface area (Å²) in [5.41, 5.74) is 0. The average Bonchev–Trinajstić information content (AvgIpc) is 1.88. The molecule has 1 saturated heterocycles. The van der Waals surface area contributed by atoms with Crippen molar-refractivity contribution < 1.29 is 5.11 Å². The minimum Gasteiger partial charge on any atom is -0.396 e. The smallest absolute Gasteiger partial charge is 0.0460 e. The molecule has 0 spiro atoms. The number of halogens is 1. The van der Waals surface area contributed by atoms with Gasteiger partial charge in [-0.1, -0.05) is 0 Å². The molecule has 0 aromatic carbocycles. The van der Waals surface area contributed by atoms with Crippen molar-refractivity contribution in [2.75, 3.05) is 13.2 Å². The van der Waals surface area contributed by atoms with Gasteiger partial charge in [0.25, 0.3) is 0 Å². The van der Waals surface area contributed by atoms with Crippen molar-refractivity contribution in [3.63, 3.8) is 0 Å². The molecule has 0 amide bonds. The molecule has 2 nitrogen and oxygen atoms in total. The van der Waals surface area contributed by atoms with E-state index in [4.69, 9.17) is 5.11 Å². The molecular weight excluding hydrogens is 150 g/mol. The largest absolute Gasteiger partial charge is 0.396 e. The molecule has 3 heteroatoms. The van der Waals surface area contributed by atoms with Gasteiger partial charge in [0.15, 0.2) is 0 Å². The van der Waals surface area contributed by atoms with Crippen LogP contribution in [0.15, 0.2) is 0 Å². The van der Waals surface area contributed by atoms with Crippen LogP contribution in [-0.4, -0.2) is 24.3 Å². The first-order valence-corrected chi connectivity index (χ1v) is 3.67. The lowest BCUT2D eigenvalue weighted by atomic mass is 9.94. The molecule has 1 fully saturated rings. The summed E-state index contributed by atoms with van der Waals surface area (Å²) in [4.78, 5) is 0. The molecule has 2 unspecified atom stereocenters. The molecule has 0 aromatic rings. The van der Waals surface area contributed by atoms with Gasteiger partial charge in [-0.3, -0.25) is 0 Å². The summed E-state index contributed by atoms with van der Waals surface area (Å²) in [7, 11) is 0. The summed E-state index contributed by atoms with van der Waals surface area (Å²) in [5.74, 6) is 0.557. The first kappa shape index (κ1) is 10.2. The zero-order chi connectivity index (χ0) is 6.69. The van der Waals surface area contributed by atoms with E-state index in [9.17, 15) is 0 Å². The van der Waals surface area contributed by atoms with Crippen LogP contribution in [0.4, 0.5) is 0 Å². The Bertz CT molecular complexity index is 89.7. The minimum absolute atomic E-state index is 0. The fraction of sp³-hybridized carbons (Fsp3) is 1.00. The van der Waals surface area contributed by atoms with Crippen LogP contribution in [0.1, 0.15) is 19.8 Å². The van der Waals surface area contributed by atoms with Crippen molar-refractivity contribution in [1.29, 1.82) is 0 Å². The summed E-state index contributed by atoms with van der Waals surface area (Å²) in [5, 5.41) is 12.1. The Balaban J connectivity index is 0.000000810. The minimum atomic E-state index is 0. The van der Waals surface area contributed by atoms with Crippen LogP contribution in [0.25, 0.3) is 0 Å². The van der Waals surface area contributed by atoms with E-state index >= 15 is 0 Å². The van der Waals surface area contributed by atoms with Crippen LogP contribution < -0.4 is 5.32 Å². The first-order chi connectivity index (χ1) is 4.33. The van der Waals surface area contributed by atoms with Crippen molar-refractivity contribution in [1.82, 2.24) is 5.32 Å². The number of hydrogen-bond acceptors (Lipinski definition) is 2. The molecule has 0 aliphatic carbocycles. The van der Waals surface area contributed by atoms with Gasteiger partial charge in [-0.15, -0.1) is 12.4 Å². The van der Waals surface area contributed by atoms with Crippen LogP contribution in [0.2, 0.25) is 0 Å². The molecule has 10 heavy (non-hydrogen) atoms. The van der Waals surface area contributed by atoms with Crippen molar-refractivity contribution in [2.45, 2.75) is 25.8 Å². The Hall–Kier alpha value is 0.210. The van der Waals surface area contributed by atoms with Crippen molar-refractivity contribution in [3.05, 3.63) is 0 Å². The monoisotopic (exact) mass is 165 g/mol. The topological polar surface area (TPSA) is 32.3 Å². The highest BCUT2D eigenvalue weighted by Crippen LogP contribution is 2.14. The number of rotatable bonds is 1. The fourth-order valence-corrected chi connectivity index (χ4v) is 1.40. The summed E-state index contributed by atoms with van der Waals surface area (Å²) < 4.78 is 0. The van der Waals surface area contributed by atoms with Gasteiger partial charge in [0.1, 0.15) is 0 Å². The van der Waals surface area contributed by atoms with E-state index < -0.39 is 0 Å². The van der Waals surface area contributed by atoms with Crippen LogP contribution in [-0.2, 0) is 0 Å². The van der Waals surface area contributed by atoms with Gasteiger partial charge in [-0.05, 0) is 32.2 Å². The van der Waals surface area contributed by atoms with E-state index in [0.717, 1.165) is 19.4 Å². The maximum atomic E-state index is 8.78. The van der Waals surface area contributed by atoms with E-state index in [2.05, 4.69) is 12.2 Å². The lowest BCUT2D eigenvalue weighted by Gasteiger charge is -2.26. The Morgan fingerprint density at radius 1 is 1.60 bits per heavy atom. The molecule has 62 valence electrons. The molecule has 1 heterocycles. The zero-order valence-corrected chi connectivity index (χ0v) is 7.16. The SMILES string of the molecule is CC1CC(CO)CCN1.Cl. The molecule has 0 radical (unpaired) electrons. The van der Waals surface area contributed by atoms with E-state index in [1.54, 1.807) is 0 Å². The molecule has 1 rings (SSSR count). The Labute approximate surface area is 68.4 Å². The Kier molecular flexibility index (Phi) is 5.04. The molecule has 2 atom stereocenters. The van der Waals surface area contributed by atoms with Gasteiger partial charge in [0, 0.05) is 12.6 Å². The highest BCUT2D eigenvalue weighted by molar-refractivity contribution is 5.85. The summed E-state index contributed by atoms with van der Waals surface area (Å²) in [6, 6.07) is 0.607. The highest BCUT2D eigenvalue weighted by Gasteiger charge is 2.16. The quantitative estimate of drug-likeness (QED) is 0.602. The molecule has 0 saturated carbocycles. The number of aliphatic hydroxyl groups is 1. The van der Waals surface area contributed by atoms with Crippen molar-refractivity contribution >= 4 is 12.4 Å². The number of piperidine rings is 1. The fourth-order valence-electron chi connectivity index (χ4n) is 1.40. The Morgan fingerprint density at radius 2 is 2.30 bits per heavy atom. The van der Waals surface area contributed by atoms with Crippen LogP contribution >= 0.6 is 12.4 Å². The van der Waals surface area contributed by atoms with E-state index in [0.29, 0.717) is 18.6 Å². The zero-order valence-electron chi connectivity index (χ0n) is 6.34. The second-order valence-corrected chi connectivity index (χ2v) is 2.93. The normalized spacial score (nSPS) is 33.0. The molecule has 1 aliphatic heterocycles. The van der Waals surface area contributed by atoms with Gasteiger partial charge < -0.3 is 10.4 Å². The number of aliphatic hydroxyl groups excluding tert-OH is 1. The standard InChI is InChI=1S/C7H15NO.ClH/c1-6-4-7(5-9)2-3-8-6;/h6-9H,2-5H2,1H3;1H. The lowest BCUT2D eigenvalue weighted by molar-refractivity contribution is 0.180. The van der Waals surface area contributed by atoms with Crippen molar-refractivity contribution in [2.24, 2.45) is 5.92 Å². The van der Waals surface area contributed by atoms with Gasteiger partial charge in [-0.25, -0.2) is 0 Å². The molecular formula is C7H16ClNO. The summed E-state index contributed by atoms with van der Waals surface area (Å²) in [6.07, 6.45) is 2.28. The predicted molar refractivity (Wildman–Crippen MR) is 44.5 cm³/mol. The van der Waals surface area contributed by atoms with E-state index in [-0.39, 0.29) is 12.4 Å². The lowest BCUT2D eigenvalue weighted by Crippen LogP contribution is -2.36. The molecule has 1 aliphatic rings. The first-order valence-electron chi connectivity index (χ1n) is 3.67. The van der Waals surface area contributed by atoms with Crippen LogP contribution in [0.5, 0.6) is 0 Å². The third-order valence-corrected chi connectivity index (χ3v) is 1.99. The Morgan fingerprint density at radius 3 is 2.70 bits per heavy atom. The summed E-state index contributed by atoms with van der Waals surface area (Å²) in [6.45, 7) is 3.61. The van der Waals surface area contributed by atoms with E-state index in [1.807, 2.05) is 0 Å². The van der Waals surface area contributed by atoms with Gasteiger partial charge in [-0.2, -0.15) is 0 Å². The number of hydrogen-bond donors (Lipinski definition) is 2. The van der Waals surface area contributed by atoms with Crippen molar-refractivity contribution in [3.8, 4) is 0 Å². The average molecular weight is 166 g/mol. The molecule has 2 N–H and O–H groups in total. The van der Waals surface area contributed by atoms with Gasteiger partial charge in [0.05, 0.1) is 0 Å². The summed E-state index contributed by atoms with van der Waals surface area (Å²) >= 11 is 0. The van der Waals surface area contributed by atoms with E-state index in [1.165, 1.54) is 0 Å². The second-order valence-electron chi connectivity index (χ2n) is 2.93. The second kappa shape index (κ2) is 4.94. The molecule has 0 aromatic heterocycles. The maximum absolute atomic E-state index is 8.78. The van der Waals surface area contributed by atoms with Crippen LogP contribution in [0, 0.1) is 5.92 Å². The van der Waals surface area contributed by atoms with Gasteiger partial charge >= 0.3 is 0 Å². The van der Waals surface area contributed by atoms with Crippen LogP contribution in [0.3, 0.4) is 0 Å².